The van der Waals surface area contributed by atoms with Gasteiger partial charge in [0.25, 0.3) is 0 Å². The van der Waals surface area contributed by atoms with Gasteiger partial charge in [-0.3, -0.25) is 4.79 Å². The van der Waals surface area contributed by atoms with Crippen molar-refractivity contribution >= 4 is 12.1 Å². The average molecular weight is 244 g/mol. The summed E-state index contributed by atoms with van der Waals surface area (Å²) in [6, 6.07) is 9.72. The van der Waals surface area contributed by atoms with Crippen molar-refractivity contribution in [2.45, 2.75) is 38.5 Å². The van der Waals surface area contributed by atoms with E-state index >= 15 is 0 Å². The highest BCUT2D eigenvalue weighted by molar-refractivity contribution is 5.79. The molecule has 1 saturated carbocycles. The summed E-state index contributed by atoms with van der Waals surface area (Å²) in [7, 11) is 0. The molecule has 1 N–H and O–H groups in total. The number of nitrogens with zero attached hydrogens (tertiary/aromatic N) is 1. The fourth-order valence-corrected chi connectivity index (χ4v) is 2.32. The van der Waals surface area contributed by atoms with Crippen LogP contribution in [0.2, 0.25) is 0 Å². The van der Waals surface area contributed by atoms with Crippen molar-refractivity contribution in [2.75, 3.05) is 0 Å². The maximum atomic E-state index is 11.6. The van der Waals surface area contributed by atoms with E-state index in [1.165, 1.54) is 32.1 Å². The summed E-state index contributed by atoms with van der Waals surface area (Å²) in [5, 5.41) is 4.07. The molecule has 0 aromatic heterocycles. The van der Waals surface area contributed by atoms with Crippen molar-refractivity contribution < 1.29 is 4.79 Å². The van der Waals surface area contributed by atoms with Gasteiger partial charge >= 0.3 is 0 Å². The lowest BCUT2D eigenvalue weighted by Gasteiger charge is -2.16. The highest BCUT2D eigenvalue weighted by atomic mass is 16.2. The highest BCUT2D eigenvalue weighted by Crippen LogP contribution is 2.21. The molecule has 96 valence electrons. The van der Waals surface area contributed by atoms with Crippen LogP contribution < -0.4 is 5.43 Å². The van der Waals surface area contributed by atoms with Crippen LogP contribution in [0.3, 0.4) is 0 Å². The van der Waals surface area contributed by atoms with Gasteiger partial charge in [-0.25, -0.2) is 5.43 Å². The van der Waals surface area contributed by atoms with Crippen molar-refractivity contribution in [1.29, 1.82) is 0 Å². The van der Waals surface area contributed by atoms with Gasteiger partial charge in [0.1, 0.15) is 0 Å². The summed E-state index contributed by atoms with van der Waals surface area (Å²) >= 11 is 0. The normalized spacial score (nSPS) is 16.9. The van der Waals surface area contributed by atoms with Crippen molar-refractivity contribution in [2.24, 2.45) is 11.0 Å². The smallest absolute Gasteiger partial charge is 0.244 e. The van der Waals surface area contributed by atoms with E-state index in [9.17, 15) is 4.79 Å². The Morgan fingerprint density at radius 1 is 1.22 bits per heavy atom. The summed E-state index contributed by atoms with van der Waals surface area (Å²) in [6.07, 6.45) is 8.62. The number of carbonyl (C=O) groups excluding carboxylic acids is 1. The van der Waals surface area contributed by atoms with Crippen LogP contribution in [-0.4, -0.2) is 12.1 Å². The number of amides is 1. The number of hydrogen-bond donors (Lipinski definition) is 1. The minimum absolute atomic E-state index is 0.0479. The zero-order chi connectivity index (χ0) is 12.6. The SMILES string of the molecule is O=C(Cc1ccccc1)N/N=C/C1CCCCC1. The first kappa shape index (κ1) is 12.8. The predicted molar refractivity (Wildman–Crippen MR) is 73.4 cm³/mol. The van der Waals surface area contributed by atoms with Crippen LogP contribution in [0.1, 0.15) is 37.7 Å². The van der Waals surface area contributed by atoms with Crippen LogP contribution in [0.5, 0.6) is 0 Å². The molecule has 1 aromatic carbocycles. The van der Waals surface area contributed by atoms with Gasteiger partial charge in [-0.05, 0) is 24.3 Å². The van der Waals surface area contributed by atoms with Gasteiger partial charge in [-0.2, -0.15) is 5.10 Å². The third kappa shape index (κ3) is 4.32. The van der Waals surface area contributed by atoms with Crippen molar-refractivity contribution in [3.05, 3.63) is 35.9 Å². The molecule has 0 unspecified atom stereocenters. The third-order valence-corrected chi connectivity index (χ3v) is 3.33. The zero-order valence-electron chi connectivity index (χ0n) is 10.6. The maximum absolute atomic E-state index is 11.6. The molecule has 3 nitrogen and oxygen atoms in total. The summed E-state index contributed by atoms with van der Waals surface area (Å²) in [5.74, 6) is 0.504. The quantitative estimate of drug-likeness (QED) is 0.642. The second-order valence-electron chi connectivity index (χ2n) is 4.87. The molecule has 1 amide bonds. The molecule has 1 aliphatic carbocycles. The van der Waals surface area contributed by atoms with Crippen molar-refractivity contribution in [3.63, 3.8) is 0 Å². The molecule has 0 aliphatic heterocycles. The zero-order valence-corrected chi connectivity index (χ0v) is 10.6. The second-order valence-corrected chi connectivity index (χ2v) is 4.87. The fraction of sp³-hybridized carbons (Fsp3) is 0.467. The minimum atomic E-state index is -0.0479. The lowest BCUT2D eigenvalue weighted by atomic mass is 9.90. The van der Waals surface area contributed by atoms with Crippen LogP contribution in [0.25, 0.3) is 0 Å². The molecular formula is C15H20N2O. The fourth-order valence-electron chi connectivity index (χ4n) is 2.32. The molecule has 18 heavy (non-hydrogen) atoms. The van der Waals surface area contributed by atoms with Crippen LogP contribution in [0, 0.1) is 5.92 Å². The van der Waals surface area contributed by atoms with Gasteiger partial charge in [0.05, 0.1) is 6.42 Å². The molecule has 1 aliphatic rings. The lowest BCUT2D eigenvalue weighted by molar-refractivity contribution is -0.120. The summed E-state index contributed by atoms with van der Waals surface area (Å²) in [4.78, 5) is 11.6. The molecule has 1 aromatic rings. The molecule has 0 spiro atoms. The number of benzene rings is 1. The number of carbonyl (C=O) groups is 1. The molecule has 1 fully saturated rings. The topological polar surface area (TPSA) is 41.5 Å². The predicted octanol–water partition coefficient (Wildman–Crippen LogP) is 2.91. The Bertz CT molecular complexity index is 394. The first-order chi connectivity index (χ1) is 8.84. The number of nitrogens with one attached hydrogen (secondary N) is 1. The molecule has 3 heteroatoms. The van der Waals surface area contributed by atoms with E-state index in [1.807, 2.05) is 36.5 Å². The monoisotopic (exact) mass is 244 g/mol. The first-order valence-corrected chi connectivity index (χ1v) is 6.70. The van der Waals surface area contributed by atoms with E-state index in [0.29, 0.717) is 12.3 Å². The largest absolute Gasteiger partial charge is 0.273 e. The van der Waals surface area contributed by atoms with Crippen LogP contribution >= 0.6 is 0 Å². The molecule has 0 saturated heterocycles. The maximum Gasteiger partial charge on any atom is 0.244 e. The Morgan fingerprint density at radius 2 is 1.94 bits per heavy atom. The Morgan fingerprint density at radius 3 is 2.67 bits per heavy atom. The summed E-state index contributed by atoms with van der Waals surface area (Å²) in [6.45, 7) is 0. The van der Waals surface area contributed by atoms with Crippen molar-refractivity contribution in [3.8, 4) is 0 Å². The van der Waals surface area contributed by atoms with Gasteiger partial charge in [-0.15, -0.1) is 0 Å². The van der Waals surface area contributed by atoms with Gasteiger partial charge in [0.15, 0.2) is 0 Å². The molecular weight excluding hydrogens is 224 g/mol. The van der Waals surface area contributed by atoms with Gasteiger partial charge in [0.2, 0.25) is 5.91 Å². The molecule has 0 heterocycles. The van der Waals surface area contributed by atoms with E-state index < -0.39 is 0 Å². The minimum Gasteiger partial charge on any atom is -0.273 e. The number of hydrogen-bond acceptors (Lipinski definition) is 2. The lowest BCUT2D eigenvalue weighted by Crippen LogP contribution is -2.21. The third-order valence-electron chi connectivity index (χ3n) is 3.33. The highest BCUT2D eigenvalue weighted by Gasteiger charge is 2.10. The van der Waals surface area contributed by atoms with Crippen LogP contribution in [0.15, 0.2) is 35.4 Å². The number of hydrazone groups is 1. The van der Waals surface area contributed by atoms with E-state index in [0.717, 1.165) is 5.56 Å². The van der Waals surface area contributed by atoms with E-state index in [-0.39, 0.29) is 5.91 Å². The van der Waals surface area contributed by atoms with Crippen LogP contribution in [0.4, 0.5) is 0 Å². The van der Waals surface area contributed by atoms with Gasteiger partial charge < -0.3 is 0 Å². The van der Waals surface area contributed by atoms with Crippen LogP contribution in [-0.2, 0) is 11.2 Å². The number of rotatable bonds is 4. The molecule has 0 bridgehead atoms. The Kier molecular flexibility index (Phi) is 4.94. The average Bonchev–Trinajstić information content (AvgIpc) is 2.41. The molecule has 2 rings (SSSR count). The Hall–Kier alpha value is -1.64. The standard InChI is InChI=1S/C15H20N2O/c18-15(11-13-7-3-1-4-8-13)17-16-12-14-9-5-2-6-10-14/h1,3-4,7-8,12,14H,2,5-6,9-11H2,(H,17,18)/b16-12+. The molecule has 0 radical (unpaired) electrons. The van der Waals surface area contributed by atoms with Gasteiger partial charge in [-0.1, -0.05) is 49.6 Å². The van der Waals surface area contributed by atoms with Crippen molar-refractivity contribution in [1.82, 2.24) is 5.43 Å². The van der Waals surface area contributed by atoms with Gasteiger partial charge in [0, 0.05) is 6.21 Å². The summed E-state index contributed by atoms with van der Waals surface area (Å²) < 4.78 is 0. The summed E-state index contributed by atoms with van der Waals surface area (Å²) in [5.41, 5.74) is 3.63. The second kappa shape index (κ2) is 6.94. The van der Waals surface area contributed by atoms with E-state index in [2.05, 4.69) is 10.5 Å². The van der Waals surface area contributed by atoms with E-state index in [1.54, 1.807) is 0 Å². The first-order valence-electron chi connectivity index (χ1n) is 6.70. The van der Waals surface area contributed by atoms with E-state index in [4.69, 9.17) is 0 Å². The Balaban J connectivity index is 1.72. The Labute approximate surface area is 108 Å². The molecule has 0 atom stereocenters.